The van der Waals surface area contributed by atoms with Crippen molar-refractivity contribution >= 4 is 29.7 Å². The highest BCUT2D eigenvalue weighted by Crippen LogP contribution is 2.37. The van der Waals surface area contributed by atoms with Gasteiger partial charge in [-0.3, -0.25) is 0 Å². The van der Waals surface area contributed by atoms with Gasteiger partial charge in [-0.2, -0.15) is 0 Å². The quantitative estimate of drug-likeness (QED) is 0.439. The van der Waals surface area contributed by atoms with Crippen molar-refractivity contribution in [3.05, 3.63) is 72.3 Å². The van der Waals surface area contributed by atoms with Crippen molar-refractivity contribution in [2.24, 2.45) is 0 Å². The van der Waals surface area contributed by atoms with Gasteiger partial charge in [0, 0.05) is 6.04 Å². The molecule has 3 rings (SSSR count). The topological polar surface area (TPSA) is 133 Å². The van der Waals surface area contributed by atoms with E-state index in [1.165, 1.54) is 80.9 Å². The molecule has 0 radical (unpaired) electrons. The third-order valence-corrected chi connectivity index (χ3v) is 9.75. The molecule has 0 amide bonds. The minimum atomic E-state index is -4.36. The van der Waals surface area contributed by atoms with E-state index in [4.69, 9.17) is 9.47 Å². The van der Waals surface area contributed by atoms with Crippen LogP contribution < -0.4 is 14.2 Å². The number of ether oxygens (including phenoxy) is 2. The summed E-state index contributed by atoms with van der Waals surface area (Å²) in [5, 5.41) is 0. The van der Waals surface area contributed by atoms with Gasteiger partial charge in [0.1, 0.15) is 16.4 Å². The molecule has 0 heterocycles. The number of hydrogen-bond donors (Lipinski definition) is 1. The van der Waals surface area contributed by atoms with E-state index in [0.717, 1.165) is 6.26 Å². The zero-order valence-electron chi connectivity index (χ0n) is 19.4. The van der Waals surface area contributed by atoms with Crippen molar-refractivity contribution in [1.82, 2.24) is 4.72 Å². The first-order valence-electron chi connectivity index (χ1n) is 10.2. The third-order valence-electron chi connectivity index (χ3n) is 5.17. The summed E-state index contributed by atoms with van der Waals surface area (Å²) in [6, 6.07) is 14.5. The number of sulfone groups is 2. The van der Waals surface area contributed by atoms with Gasteiger partial charge in [-0.05, 0) is 61.0 Å². The van der Waals surface area contributed by atoms with Gasteiger partial charge in [-0.1, -0.05) is 18.2 Å². The molecule has 0 fully saturated rings. The molecule has 0 unspecified atom stereocenters. The maximum absolute atomic E-state index is 13.6. The molecule has 0 bridgehead atoms. The van der Waals surface area contributed by atoms with Crippen LogP contribution in [-0.2, 0) is 29.7 Å². The molecule has 1 atom stereocenters. The number of hydrogen-bond acceptors (Lipinski definition) is 8. The molecule has 0 aliphatic heterocycles. The predicted molar refractivity (Wildman–Crippen MR) is 130 cm³/mol. The lowest BCUT2D eigenvalue weighted by Gasteiger charge is -2.16. The van der Waals surface area contributed by atoms with Crippen LogP contribution in [0.1, 0.15) is 18.5 Å². The Morgan fingerprint density at radius 3 is 1.77 bits per heavy atom. The van der Waals surface area contributed by atoms with E-state index >= 15 is 0 Å². The molecule has 0 saturated heterocycles. The second-order valence-electron chi connectivity index (χ2n) is 7.65. The summed E-state index contributed by atoms with van der Waals surface area (Å²) < 4.78 is 89.9. The second-order valence-corrected chi connectivity index (χ2v) is 13.2. The van der Waals surface area contributed by atoms with Gasteiger partial charge in [0.05, 0.1) is 35.2 Å². The molecule has 1 N–H and O–H groups in total. The molecule has 35 heavy (non-hydrogen) atoms. The van der Waals surface area contributed by atoms with Crippen LogP contribution in [0.15, 0.2) is 86.3 Å². The molecular weight excluding hydrogens is 514 g/mol. The Labute approximate surface area is 205 Å². The molecule has 3 aromatic carbocycles. The number of rotatable bonds is 9. The Kier molecular flexibility index (Phi) is 7.60. The van der Waals surface area contributed by atoms with Crippen molar-refractivity contribution in [3.63, 3.8) is 0 Å². The van der Waals surface area contributed by atoms with E-state index in [9.17, 15) is 25.3 Å². The fraction of sp³-hybridized carbons (Fsp3) is 0.217. The summed E-state index contributed by atoms with van der Waals surface area (Å²) in [7, 11) is -9.39. The van der Waals surface area contributed by atoms with Gasteiger partial charge in [-0.25, -0.2) is 30.0 Å². The summed E-state index contributed by atoms with van der Waals surface area (Å²) >= 11 is 0. The lowest BCUT2D eigenvalue weighted by Crippen LogP contribution is -2.25. The molecule has 0 aliphatic rings. The molecular formula is C23H25NO8S3. The van der Waals surface area contributed by atoms with E-state index in [2.05, 4.69) is 4.72 Å². The predicted octanol–water partition coefficient (Wildman–Crippen LogP) is 2.98. The van der Waals surface area contributed by atoms with E-state index < -0.39 is 45.5 Å². The third kappa shape index (κ3) is 5.67. The molecule has 0 aliphatic carbocycles. The number of sulfonamides is 1. The fourth-order valence-corrected chi connectivity index (χ4v) is 7.72. The van der Waals surface area contributed by atoms with Crippen molar-refractivity contribution in [3.8, 4) is 11.5 Å². The van der Waals surface area contributed by atoms with E-state index in [1.54, 1.807) is 6.92 Å². The van der Waals surface area contributed by atoms with Gasteiger partial charge in [-0.15, -0.1) is 0 Å². The van der Waals surface area contributed by atoms with Crippen LogP contribution in [0.4, 0.5) is 0 Å². The summed E-state index contributed by atoms with van der Waals surface area (Å²) in [5.74, 6) is 0.317. The van der Waals surface area contributed by atoms with Crippen molar-refractivity contribution in [2.75, 3.05) is 20.5 Å². The standard InChI is InChI=1S/C23H25NO8S3/c1-16(24-33(4,25)26)17-8-12-20(13-9-17)35(29,30)23-21(32-3)6-5-7-22(23)34(27,28)19-14-10-18(31-2)11-15-19/h5-16,24H,1-4H3/t16-/m0/s1. The first kappa shape index (κ1) is 26.7. The molecule has 3 aromatic rings. The van der Waals surface area contributed by atoms with Gasteiger partial charge in [0.2, 0.25) is 29.7 Å². The zero-order chi connectivity index (χ0) is 26.0. The Morgan fingerprint density at radius 1 is 0.714 bits per heavy atom. The van der Waals surface area contributed by atoms with Gasteiger partial charge in [0.25, 0.3) is 0 Å². The van der Waals surface area contributed by atoms with Crippen LogP contribution in [0, 0.1) is 0 Å². The van der Waals surface area contributed by atoms with E-state index in [-0.39, 0.29) is 15.5 Å². The van der Waals surface area contributed by atoms with Gasteiger partial charge in [0.15, 0.2) is 0 Å². The average molecular weight is 540 g/mol. The first-order chi connectivity index (χ1) is 16.3. The van der Waals surface area contributed by atoms with Gasteiger partial charge < -0.3 is 9.47 Å². The molecule has 12 heteroatoms. The maximum Gasteiger partial charge on any atom is 0.211 e. The Balaban J connectivity index is 2.13. The average Bonchev–Trinajstić information content (AvgIpc) is 2.82. The SMILES string of the molecule is COc1ccc(S(=O)(=O)c2cccc(OC)c2S(=O)(=O)c2ccc([C@H](C)NS(C)(=O)=O)cc2)cc1. The number of nitrogens with one attached hydrogen (secondary N) is 1. The van der Waals surface area contributed by atoms with Crippen LogP contribution in [0.2, 0.25) is 0 Å². The number of methoxy groups -OCH3 is 2. The minimum absolute atomic E-state index is 0.112. The normalized spacial score (nSPS) is 13.3. The highest BCUT2D eigenvalue weighted by Gasteiger charge is 2.32. The molecule has 0 aromatic heterocycles. The highest BCUT2D eigenvalue weighted by atomic mass is 32.2. The van der Waals surface area contributed by atoms with Crippen molar-refractivity contribution in [1.29, 1.82) is 0 Å². The van der Waals surface area contributed by atoms with Crippen LogP contribution >= 0.6 is 0 Å². The fourth-order valence-electron chi connectivity index (χ4n) is 3.46. The van der Waals surface area contributed by atoms with E-state index in [1.807, 2.05) is 0 Å². The van der Waals surface area contributed by atoms with Gasteiger partial charge >= 0.3 is 0 Å². The van der Waals surface area contributed by atoms with E-state index in [0.29, 0.717) is 11.3 Å². The minimum Gasteiger partial charge on any atom is -0.497 e. The van der Waals surface area contributed by atoms with Crippen molar-refractivity contribution in [2.45, 2.75) is 32.5 Å². The lowest BCUT2D eigenvalue weighted by molar-refractivity contribution is 0.399. The Bertz CT molecular complexity index is 1530. The second kappa shape index (κ2) is 9.97. The molecule has 9 nitrogen and oxygen atoms in total. The summed E-state index contributed by atoms with van der Waals surface area (Å²) in [6.07, 6.45) is 1.02. The molecule has 0 saturated carbocycles. The highest BCUT2D eigenvalue weighted by molar-refractivity contribution is 7.94. The summed E-state index contributed by atoms with van der Waals surface area (Å²) in [4.78, 5) is -1.21. The molecule has 188 valence electrons. The summed E-state index contributed by atoms with van der Waals surface area (Å²) in [5.41, 5.74) is 0.528. The van der Waals surface area contributed by atoms with Crippen LogP contribution in [0.5, 0.6) is 11.5 Å². The maximum atomic E-state index is 13.6. The molecule has 0 spiro atoms. The van der Waals surface area contributed by atoms with Crippen LogP contribution in [-0.4, -0.2) is 45.7 Å². The Morgan fingerprint density at radius 2 is 1.26 bits per heavy atom. The lowest BCUT2D eigenvalue weighted by atomic mass is 10.1. The monoisotopic (exact) mass is 539 g/mol. The van der Waals surface area contributed by atoms with Crippen molar-refractivity contribution < 1.29 is 34.7 Å². The van der Waals surface area contributed by atoms with Crippen LogP contribution in [0.25, 0.3) is 0 Å². The number of benzene rings is 3. The smallest absolute Gasteiger partial charge is 0.211 e. The van der Waals surface area contributed by atoms with Crippen LogP contribution in [0.3, 0.4) is 0 Å². The summed E-state index contributed by atoms with van der Waals surface area (Å²) in [6.45, 7) is 1.62. The largest absolute Gasteiger partial charge is 0.497 e. The zero-order valence-corrected chi connectivity index (χ0v) is 21.9. The first-order valence-corrected chi connectivity index (χ1v) is 15.1. The Hall–Kier alpha value is -2.93.